The first-order valence-corrected chi connectivity index (χ1v) is 3.66. The molecule has 1 fully saturated rings. The minimum atomic E-state index is -0.0706. The van der Waals surface area contributed by atoms with E-state index in [1.807, 2.05) is 0 Å². The molecule has 0 bridgehead atoms. The van der Waals surface area contributed by atoms with Gasteiger partial charge in [0.2, 0.25) is 0 Å². The minimum absolute atomic E-state index is 0. The van der Waals surface area contributed by atoms with Gasteiger partial charge in [-0.15, -0.1) is 0 Å². The summed E-state index contributed by atoms with van der Waals surface area (Å²) in [5.74, 6) is 0. The summed E-state index contributed by atoms with van der Waals surface area (Å²) in [6.07, 6.45) is 5.11. The maximum absolute atomic E-state index is 10.7. The summed E-state index contributed by atoms with van der Waals surface area (Å²) in [5.41, 5.74) is 0. The predicted molar refractivity (Wildman–Crippen MR) is 40.5 cm³/mol. The first-order chi connectivity index (χ1) is 4.84. The Morgan fingerprint density at radius 3 is 2.27 bits per heavy atom. The normalized spacial score (nSPS) is 20.9. The van der Waals surface area contributed by atoms with Crippen LogP contribution in [0.4, 0.5) is 0 Å². The molecule has 1 rings (SSSR count). The Balaban J connectivity index is 0.000001000. The molecular formula is C6H12N2NaO2. The number of hydrogen-bond acceptors (Lipinski definition) is 2. The van der Waals surface area contributed by atoms with Crippen molar-refractivity contribution in [2.45, 2.75) is 38.1 Å². The molecule has 0 atom stereocenters. The van der Waals surface area contributed by atoms with Crippen LogP contribution in [-0.4, -0.2) is 45.7 Å². The number of hydrogen-bond donors (Lipinski definition) is 1. The van der Waals surface area contributed by atoms with Crippen LogP contribution in [0.15, 0.2) is 5.28 Å². The van der Waals surface area contributed by atoms with Gasteiger partial charge in [-0.05, 0) is 12.8 Å². The summed E-state index contributed by atoms with van der Waals surface area (Å²) in [4.78, 5) is 0.416. The molecule has 1 aliphatic carbocycles. The molecule has 0 aliphatic heterocycles. The maximum atomic E-state index is 10.7. The molecule has 0 amide bonds. The van der Waals surface area contributed by atoms with Crippen LogP contribution in [0.1, 0.15) is 32.1 Å². The summed E-state index contributed by atoms with van der Waals surface area (Å²) in [6.45, 7) is 0. The third-order valence-electron chi connectivity index (χ3n) is 1.98. The second-order valence-corrected chi connectivity index (χ2v) is 2.68. The van der Waals surface area contributed by atoms with E-state index in [2.05, 4.69) is 5.28 Å². The zero-order valence-corrected chi connectivity index (χ0v) is 8.86. The number of hydroxylamine groups is 1. The molecule has 59 valence electrons. The molecule has 1 aliphatic rings. The molecular weight excluding hydrogens is 155 g/mol. The van der Waals surface area contributed by atoms with Crippen molar-refractivity contribution in [3.63, 3.8) is 0 Å². The van der Waals surface area contributed by atoms with Crippen molar-refractivity contribution in [2.24, 2.45) is 5.28 Å². The quantitative estimate of drug-likeness (QED) is 0.277. The topological polar surface area (TPSA) is 58.7 Å². The molecule has 4 nitrogen and oxygen atoms in total. The fourth-order valence-electron chi connectivity index (χ4n) is 1.37. The van der Waals surface area contributed by atoms with Crippen molar-refractivity contribution in [3.8, 4) is 0 Å². The van der Waals surface area contributed by atoms with Gasteiger partial charge in [0.05, 0.1) is 0 Å². The second kappa shape index (κ2) is 5.80. The van der Waals surface area contributed by atoms with E-state index < -0.39 is 0 Å². The second-order valence-electron chi connectivity index (χ2n) is 2.68. The average Bonchev–Trinajstić information content (AvgIpc) is 2.05. The minimum Gasteiger partial charge on any atom is -0.597 e. The molecule has 1 N–H and O–H groups in total. The monoisotopic (exact) mass is 167 g/mol. The molecule has 0 spiro atoms. The van der Waals surface area contributed by atoms with E-state index in [0.29, 0.717) is 4.86 Å². The van der Waals surface area contributed by atoms with E-state index in [0.717, 1.165) is 25.7 Å². The molecule has 0 aromatic rings. The fourth-order valence-corrected chi connectivity index (χ4v) is 1.37. The Hall–Kier alpha value is 0.200. The average molecular weight is 167 g/mol. The van der Waals surface area contributed by atoms with E-state index in [4.69, 9.17) is 5.21 Å². The summed E-state index contributed by atoms with van der Waals surface area (Å²) >= 11 is 0. The molecule has 0 saturated heterocycles. The molecule has 0 unspecified atom stereocenters. The van der Waals surface area contributed by atoms with Gasteiger partial charge in [0.15, 0.2) is 11.3 Å². The van der Waals surface area contributed by atoms with E-state index in [1.165, 1.54) is 6.42 Å². The van der Waals surface area contributed by atoms with E-state index >= 15 is 0 Å². The van der Waals surface area contributed by atoms with Gasteiger partial charge in [-0.25, -0.2) is 0 Å². The molecule has 0 aromatic heterocycles. The molecule has 1 radical (unpaired) electrons. The largest absolute Gasteiger partial charge is 0.597 e. The molecule has 0 aromatic carbocycles. The van der Waals surface area contributed by atoms with Crippen LogP contribution >= 0.6 is 0 Å². The van der Waals surface area contributed by atoms with Gasteiger partial charge < -0.3 is 10.4 Å². The Kier molecular flexibility index (Phi) is 5.91. The van der Waals surface area contributed by atoms with Gasteiger partial charge in [-0.1, -0.05) is 11.3 Å². The van der Waals surface area contributed by atoms with Gasteiger partial charge in [0.1, 0.15) is 0 Å². The Bertz CT molecular complexity index is 135. The first-order valence-electron chi connectivity index (χ1n) is 3.66. The van der Waals surface area contributed by atoms with Crippen LogP contribution in [0.2, 0.25) is 0 Å². The van der Waals surface area contributed by atoms with Crippen LogP contribution in [0, 0.1) is 5.21 Å². The Labute approximate surface area is 88.1 Å². The van der Waals surface area contributed by atoms with Crippen molar-refractivity contribution < 1.29 is 10.1 Å². The first kappa shape index (κ1) is 11.2. The van der Waals surface area contributed by atoms with Gasteiger partial charge in [-0.2, -0.15) is 0 Å². The van der Waals surface area contributed by atoms with Gasteiger partial charge in [-0.3, -0.25) is 0 Å². The number of nitrogens with zero attached hydrogens (tertiary/aromatic N) is 2. The molecule has 1 saturated carbocycles. The van der Waals surface area contributed by atoms with E-state index in [9.17, 15) is 5.21 Å². The third-order valence-corrected chi connectivity index (χ3v) is 1.98. The zero-order chi connectivity index (χ0) is 7.40. The standard InChI is InChI=1S/C6H12N2O2.Na/c9-7-8(10)6-4-2-1-3-5-6;/h6,9H,1-5H2;. The van der Waals surface area contributed by atoms with Crippen LogP contribution in [0.3, 0.4) is 0 Å². The van der Waals surface area contributed by atoms with Crippen LogP contribution in [-0.2, 0) is 0 Å². The summed E-state index contributed by atoms with van der Waals surface area (Å²) in [5, 5.41) is 21.4. The summed E-state index contributed by atoms with van der Waals surface area (Å²) in [6, 6.07) is -0.0706. The Morgan fingerprint density at radius 1 is 1.27 bits per heavy atom. The summed E-state index contributed by atoms with van der Waals surface area (Å²) < 4.78 is 0. The van der Waals surface area contributed by atoms with Crippen molar-refractivity contribution >= 4 is 29.6 Å². The molecule has 11 heavy (non-hydrogen) atoms. The van der Waals surface area contributed by atoms with Gasteiger partial charge in [0, 0.05) is 42.4 Å². The SMILES string of the molecule is [Na].[O-][N+](=NO)C1CCCCC1. The fraction of sp³-hybridized carbons (Fsp3) is 1.00. The van der Waals surface area contributed by atoms with Crippen molar-refractivity contribution in [2.75, 3.05) is 0 Å². The predicted octanol–water partition coefficient (Wildman–Crippen LogP) is 1.29. The summed E-state index contributed by atoms with van der Waals surface area (Å²) in [7, 11) is 0. The van der Waals surface area contributed by atoms with Crippen molar-refractivity contribution in [3.05, 3.63) is 5.21 Å². The third kappa shape index (κ3) is 3.40. The zero-order valence-electron chi connectivity index (χ0n) is 6.86. The number of rotatable bonds is 1. The van der Waals surface area contributed by atoms with E-state index in [1.54, 1.807) is 0 Å². The Morgan fingerprint density at radius 2 is 1.82 bits per heavy atom. The smallest absolute Gasteiger partial charge is 0.197 e. The molecule has 0 heterocycles. The molecule has 5 heteroatoms. The van der Waals surface area contributed by atoms with Gasteiger partial charge in [0.25, 0.3) is 0 Å². The van der Waals surface area contributed by atoms with Crippen molar-refractivity contribution in [1.82, 2.24) is 0 Å². The van der Waals surface area contributed by atoms with Crippen LogP contribution in [0.5, 0.6) is 0 Å². The van der Waals surface area contributed by atoms with Crippen LogP contribution < -0.4 is 0 Å². The maximum Gasteiger partial charge on any atom is 0.197 e. The van der Waals surface area contributed by atoms with Crippen molar-refractivity contribution in [1.29, 1.82) is 0 Å². The van der Waals surface area contributed by atoms with Crippen LogP contribution in [0.25, 0.3) is 0 Å². The van der Waals surface area contributed by atoms with Gasteiger partial charge >= 0.3 is 0 Å². The van der Waals surface area contributed by atoms with E-state index in [-0.39, 0.29) is 35.6 Å².